The van der Waals surface area contributed by atoms with Crippen molar-refractivity contribution in [3.63, 3.8) is 0 Å². The predicted molar refractivity (Wildman–Crippen MR) is 252 cm³/mol. The first-order valence-corrected chi connectivity index (χ1v) is 22.0. The molecule has 0 fully saturated rings. The molecular weight excluding hydrogens is 797 g/mol. The second-order valence-electron chi connectivity index (χ2n) is 16.6. The van der Waals surface area contributed by atoms with Crippen molar-refractivity contribution < 1.29 is 9.47 Å². The van der Waals surface area contributed by atoms with Gasteiger partial charge in [0.05, 0.1) is 38.3 Å². The number of fused-ring (bicyclic) bond motifs is 2. The van der Waals surface area contributed by atoms with Gasteiger partial charge in [0.2, 0.25) is 0 Å². The Kier molecular flexibility index (Phi) is 12.2. The first-order valence-electron chi connectivity index (χ1n) is 22.0. The van der Waals surface area contributed by atoms with Gasteiger partial charge in [-0.2, -0.15) is 10.2 Å². The highest BCUT2D eigenvalue weighted by Crippen LogP contribution is 2.35. The molecule has 0 saturated carbocycles. The molecule has 2 aliphatic heterocycles. The van der Waals surface area contributed by atoms with Crippen molar-refractivity contribution in [2.45, 2.75) is 78.3 Å². The molecule has 0 N–H and O–H groups in total. The molecule has 0 unspecified atom stereocenters. The highest BCUT2D eigenvalue weighted by Gasteiger charge is 2.27. The molecule has 0 bridgehead atoms. The Morgan fingerprint density at radius 3 is 1.31 bits per heavy atom. The van der Waals surface area contributed by atoms with Crippen LogP contribution in [0.3, 0.4) is 0 Å². The molecule has 64 heavy (non-hydrogen) atoms. The Hall–Kier alpha value is -7.34. The third-order valence-electron chi connectivity index (χ3n) is 12.1. The van der Waals surface area contributed by atoms with Crippen LogP contribution in [0.15, 0.2) is 110 Å². The molecule has 0 spiro atoms. The maximum atomic E-state index is 5.30. The van der Waals surface area contributed by atoms with Crippen molar-refractivity contribution >= 4 is 24.3 Å². The van der Waals surface area contributed by atoms with Gasteiger partial charge in [0.1, 0.15) is 23.1 Å². The van der Waals surface area contributed by atoms with Crippen LogP contribution >= 0.6 is 0 Å². The molecule has 12 nitrogen and oxygen atoms in total. The zero-order valence-electron chi connectivity index (χ0n) is 37.4. The van der Waals surface area contributed by atoms with Gasteiger partial charge in [0.15, 0.2) is 11.6 Å². The van der Waals surface area contributed by atoms with Crippen LogP contribution in [0, 0.1) is 27.7 Å². The lowest BCUT2D eigenvalue weighted by Crippen LogP contribution is -2.17. The highest BCUT2D eigenvalue weighted by atomic mass is 16.5. The summed E-state index contributed by atoms with van der Waals surface area (Å²) in [6.07, 6.45) is 20.3. The molecule has 2 aliphatic rings. The van der Waals surface area contributed by atoms with Crippen LogP contribution in [-0.4, -0.2) is 62.9 Å². The van der Waals surface area contributed by atoms with E-state index in [1.165, 1.54) is 22.3 Å². The number of rotatable bonds is 10. The van der Waals surface area contributed by atoms with Gasteiger partial charge < -0.3 is 18.6 Å². The SMILES string of the molecule is COc1ccc([C@@H]2CCCn3nc(/C=C/c4ccc(-n5cnc(C)c5)c(C)c4)nc32)cc1.COc1ccc([C@H]2CCCn3nc(/C=C/c4ccc(-n5cnc(C)c5)c(C)c4)nc32)cc1. The third-order valence-corrected chi connectivity index (χ3v) is 12.1. The minimum atomic E-state index is 0.268. The maximum Gasteiger partial charge on any atom is 0.174 e. The summed E-state index contributed by atoms with van der Waals surface area (Å²) in [7, 11) is 3.39. The number of aryl methyl sites for hydroxylation is 6. The van der Waals surface area contributed by atoms with Gasteiger partial charge in [-0.25, -0.2) is 29.3 Å². The second-order valence-corrected chi connectivity index (χ2v) is 16.6. The topological polar surface area (TPSA) is 116 Å². The summed E-state index contributed by atoms with van der Waals surface area (Å²) in [5.41, 5.74) is 11.5. The van der Waals surface area contributed by atoms with E-state index in [2.05, 4.69) is 115 Å². The molecule has 0 amide bonds. The van der Waals surface area contributed by atoms with Crippen LogP contribution in [-0.2, 0) is 13.1 Å². The van der Waals surface area contributed by atoms with Crippen LogP contribution < -0.4 is 9.47 Å². The van der Waals surface area contributed by atoms with Crippen molar-refractivity contribution in [1.29, 1.82) is 0 Å². The fraction of sp³-hybridized carbons (Fsp3) is 0.269. The molecule has 0 saturated heterocycles. The van der Waals surface area contributed by atoms with Gasteiger partial charge >= 0.3 is 0 Å². The highest BCUT2D eigenvalue weighted by molar-refractivity contribution is 5.69. The molecule has 8 aromatic rings. The van der Waals surface area contributed by atoms with E-state index >= 15 is 0 Å². The zero-order chi connectivity index (χ0) is 44.2. The fourth-order valence-corrected chi connectivity index (χ4v) is 8.77. The summed E-state index contributed by atoms with van der Waals surface area (Å²) in [6.45, 7) is 10.1. The smallest absolute Gasteiger partial charge is 0.174 e. The second kappa shape index (κ2) is 18.6. The summed E-state index contributed by atoms with van der Waals surface area (Å²) < 4.78 is 18.8. The quantitative estimate of drug-likeness (QED) is 0.134. The molecule has 12 heteroatoms. The van der Waals surface area contributed by atoms with E-state index in [0.717, 1.165) is 107 Å². The van der Waals surface area contributed by atoms with E-state index in [-0.39, 0.29) is 11.8 Å². The van der Waals surface area contributed by atoms with Gasteiger partial charge in [-0.05, 0) is 147 Å². The van der Waals surface area contributed by atoms with Crippen molar-refractivity contribution in [2.24, 2.45) is 0 Å². The molecule has 0 aliphatic carbocycles. The van der Waals surface area contributed by atoms with Crippen LogP contribution in [0.25, 0.3) is 35.7 Å². The third kappa shape index (κ3) is 9.22. The monoisotopic (exact) mass is 850 g/mol. The van der Waals surface area contributed by atoms with Gasteiger partial charge in [0.25, 0.3) is 0 Å². The predicted octanol–water partition coefficient (Wildman–Crippen LogP) is 10.4. The molecule has 10 rings (SSSR count). The Morgan fingerprint density at radius 1 is 0.531 bits per heavy atom. The number of benzene rings is 4. The van der Waals surface area contributed by atoms with Gasteiger partial charge in [-0.3, -0.25) is 0 Å². The summed E-state index contributed by atoms with van der Waals surface area (Å²) >= 11 is 0. The van der Waals surface area contributed by atoms with Crippen LogP contribution in [0.4, 0.5) is 0 Å². The van der Waals surface area contributed by atoms with E-state index in [4.69, 9.17) is 29.6 Å². The summed E-state index contributed by atoms with van der Waals surface area (Å²) in [4.78, 5) is 18.4. The van der Waals surface area contributed by atoms with E-state index in [0.29, 0.717) is 0 Å². The van der Waals surface area contributed by atoms with Crippen LogP contribution in [0.5, 0.6) is 11.5 Å². The lowest BCUT2D eigenvalue weighted by Gasteiger charge is -2.22. The number of nitrogens with zero attached hydrogens (tertiary/aromatic N) is 10. The Labute approximate surface area is 374 Å². The maximum absolute atomic E-state index is 5.30. The number of ether oxygens (including phenoxy) is 2. The van der Waals surface area contributed by atoms with E-state index in [9.17, 15) is 0 Å². The molecule has 0 radical (unpaired) electrons. The number of hydrogen-bond acceptors (Lipinski definition) is 8. The van der Waals surface area contributed by atoms with Crippen molar-refractivity contribution in [3.05, 3.63) is 178 Å². The lowest BCUT2D eigenvalue weighted by molar-refractivity contribution is 0.413. The first-order chi connectivity index (χ1) is 31.2. The fourth-order valence-electron chi connectivity index (χ4n) is 8.77. The standard InChI is InChI=1S/2C26H27N5O/c2*1-18-15-20(6-12-24(18)30-16-19(2)27-17-30)7-13-25-28-26-23(5-4-14-31(26)29-25)21-8-10-22(32-3)11-9-21/h2*6-13,15-17,23H,4-5,14H2,1-3H3/b2*13-7+/t2*23-/m10/s1. The number of aromatic nitrogens is 10. The molecule has 4 aromatic carbocycles. The molecule has 6 heterocycles. The van der Waals surface area contributed by atoms with E-state index in [1.54, 1.807) is 14.2 Å². The Morgan fingerprint density at radius 2 is 0.953 bits per heavy atom. The van der Waals surface area contributed by atoms with Crippen molar-refractivity contribution in [1.82, 2.24) is 48.6 Å². The van der Waals surface area contributed by atoms with Crippen LogP contribution in [0.2, 0.25) is 0 Å². The summed E-state index contributed by atoms with van der Waals surface area (Å²) in [5, 5.41) is 9.49. The summed E-state index contributed by atoms with van der Waals surface area (Å²) in [6, 6.07) is 29.4. The number of hydrogen-bond donors (Lipinski definition) is 0. The molecular formula is C52H54N10O2. The average molecular weight is 851 g/mol. The molecule has 2 atom stereocenters. The van der Waals surface area contributed by atoms with E-state index < -0.39 is 0 Å². The normalized spacial score (nSPS) is 15.8. The van der Waals surface area contributed by atoms with Crippen LogP contribution in [0.1, 0.15) is 106 Å². The lowest BCUT2D eigenvalue weighted by atomic mass is 9.91. The van der Waals surface area contributed by atoms with Gasteiger partial charge in [-0.15, -0.1) is 0 Å². The minimum Gasteiger partial charge on any atom is -0.497 e. The Balaban J connectivity index is 0.000000162. The molecule has 4 aromatic heterocycles. The first kappa shape index (κ1) is 42.0. The van der Waals surface area contributed by atoms with Crippen molar-refractivity contribution in [3.8, 4) is 22.9 Å². The minimum absolute atomic E-state index is 0.268. The largest absolute Gasteiger partial charge is 0.497 e. The van der Waals surface area contributed by atoms with E-state index in [1.807, 2.05) is 75.3 Å². The zero-order valence-corrected chi connectivity index (χ0v) is 37.4. The Bertz CT molecular complexity index is 2730. The number of methoxy groups -OCH3 is 2. The van der Waals surface area contributed by atoms with Crippen molar-refractivity contribution in [2.75, 3.05) is 14.2 Å². The van der Waals surface area contributed by atoms with Gasteiger partial charge in [-0.1, -0.05) is 48.6 Å². The molecule has 324 valence electrons. The summed E-state index contributed by atoms with van der Waals surface area (Å²) in [5.74, 6) is 5.89. The van der Waals surface area contributed by atoms with Gasteiger partial charge in [0, 0.05) is 48.7 Å². The number of imidazole rings is 2. The average Bonchev–Trinajstić information content (AvgIpc) is 4.14.